The minimum Gasteiger partial charge on any atom is -0.336 e. The molecule has 0 aliphatic carbocycles. The van der Waals surface area contributed by atoms with E-state index in [0.29, 0.717) is 19.0 Å². The molecule has 2 aliphatic heterocycles. The standard InChI is InChI=1S/C17H23F2N3O.ClH/c18-15-4-3-14(10-16(15)19)17(23)22-8-6-21(7-9-22)12-13-2-1-5-20-11-13;/h3-4,10,13,20H,1-2,5-9,11-12H2;1H. The van der Waals surface area contributed by atoms with E-state index in [4.69, 9.17) is 0 Å². The summed E-state index contributed by atoms with van der Waals surface area (Å²) in [5.74, 6) is -1.42. The van der Waals surface area contributed by atoms with E-state index in [1.807, 2.05) is 0 Å². The number of nitrogens with one attached hydrogen (secondary N) is 1. The van der Waals surface area contributed by atoms with Gasteiger partial charge in [0.05, 0.1) is 0 Å². The Morgan fingerprint density at radius 3 is 2.54 bits per heavy atom. The monoisotopic (exact) mass is 359 g/mol. The summed E-state index contributed by atoms with van der Waals surface area (Å²) in [5.41, 5.74) is 0.217. The largest absolute Gasteiger partial charge is 0.336 e. The number of benzene rings is 1. The van der Waals surface area contributed by atoms with Crippen molar-refractivity contribution in [3.63, 3.8) is 0 Å². The first-order valence-corrected chi connectivity index (χ1v) is 8.31. The maximum Gasteiger partial charge on any atom is 0.254 e. The van der Waals surface area contributed by atoms with Gasteiger partial charge < -0.3 is 10.2 Å². The quantitative estimate of drug-likeness (QED) is 0.898. The molecule has 2 fully saturated rings. The third-order valence-corrected chi connectivity index (χ3v) is 4.74. The number of amides is 1. The van der Waals surface area contributed by atoms with Crippen molar-refractivity contribution in [2.45, 2.75) is 12.8 Å². The lowest BCUT2D eigenvalue weighted by molar-refractivity contribution is 0.0609. The lowest BCUT2D eigenvalue weighted by atomic mass is 9.99. The molecule has 4 nitrogen and oxygen atoms in total. The SMILES string of the molecule is Cl.O=C(c1ccc(F)c(F)c1)N1CCN(CC2CCCNC2)CC1. The van der Waals surface area contributed by atoms with E-state index in [1.165, 1.54) is 18.9 Å². The molecule has 1 unspecified atom stereocenters. The predicted molar refractivity (Wildman–Crippen MR) is 91.5 cm³/mol. The van der Waals surface area contributed by atoms with Gasteiger partial charge >= 0.3 is 0 Å². The third kappa shape index (κ3) is 4.65. The molecule has 0 saturated carbocycles. The lowest BCUT2D eigenvalue weighted by Crippen LogP contribution is -2.50. The number of rotatable bonds is 3. The minimum absolute atomic E-state index is 0. The van der Waals surface area contributed by atoms with Gasteiger partial charge in [0.1, 0.15) is 0 Å². The number of halogens is 3. The maximum atomic E-state index is 13.3. The van der Waals surface area contributed by atoms with Crippen LogP contribution in [0.5, 0.6) is 0 Å². The molecule has 1 amide bonds. The summed E-state index contributed by atoms with van der Waals surface area (Å²) in [5, 5.41) is 3.43. The average molecular weight is 360 g/mol. The summed E-state index contributed by atoms with van der Waals surface area (Å²) in [6.07, 6.45) is 2.50. The molecule has 7 heteroatoms. The molecule has 2 heterocycles. The maximum absolute atomic E-state index is 13.3. The highest BCUT2D eigenvalue weighted by molar-refractivity contribution is 5.94. The van der Waals surface area contributed by atoms with Gasteiger partial charge in [-0.1, -0.05) is 0 Å². The fourth-order valence-corrected chi connectivity index (χ4v) is 3.39. The van der Waals surface area contributed by atoms with Crippen molar-refractivity contribution in [3.05, 3.63) is 35.4 Å². The first-order valence-electron chi connectivity index (χ1n) is 8.31. The molecule has 0 aromatic heterocycles. The molecule has 1 atom stereocenters. The van der Waals surface area contributed by atoms with Crippen molar-refractivity contribution in [2.75, 3.05) is 45.8 Å². The summed E-state index contributed by atoms with van der Waals surface area (Å²) in [6, 6.07) is 3.34. The molecule has 24 heavy (non-hydrogen) atoms. The summed E-state index contributed by atoms with van der Waals surface area (Å²) in [7, 11) is 0. The van der Waals surface area contributed by atoms with Gasteiger partial charge in [0, 0.05) is 38.3 Å². The lowest BCUT2D eigenvalue weighted by Gasteiger charge is -2.37. The van der Waals surface area contributed by atoms with Gasteiger partial charge in [0.2, 0.25) is 0 Å². The molecule has 2 saturated heterocycles. The zero-order chi connectivity index (χ0) is 16.2. The van der Waals surface area contributed by atoms with Crippen LogP contribution in [0.2, 0.25) is 0 Å². The Kier molecular flexibility index (Phi) is 6.95. The highest BCUT2D eigenvalue weighted by atomic mass is 35.5. The number of piperidine rings is 1. The molecule has 0 radical (unpaired) electrons. The van der Waals surface area contributed by atoms with E-state index >= 15 is 0 Å². The van der Waals surface area contributed by atoms with Crippen LogP contribution in [-0.2, 0) is 0 Å². The van der Waals surface area contributed by atoms with Gasteiger partial charge in [-0.15, -0.1) is 12.4 Å². The zero-order valence-corrected chi connectivity index (χ0v) is 14.5. The molecule has 1 aromatic rings. The molecule has 1 aromatic carbocycles. The Labute approximate surface area is 147 Å². The van der Waals surface area contributed by atoms with Crippen molar-refractivity contribution in [3.8, 4) is 0 Å². The van der Waals surface area contributed by atoms with Crippen LogP contribution in [0.4, 0.5) is 8.78 Å². The van der Waals surface area contributed by atoms with Gasteiger partial charge in [-0.05, 0) is 50.0 Å². The van der Waals surface area contributed by atoms with Gasteiger partial charge in [-0.3, -0.25) is 9.69 Å². The number of carbonyl (C=O) groups excluding carboxylic acids is 1. The number of nitrogens with zero attached hydrogens (tertiary/aromatic N) is 2. The normalized spacial score (nSPS) is 22.1. The summed E-state index contributed by atoms with van der Waals surface area (Å²) >= 11 is 0. The highest BCUT2D eigenvalue weighted by Gasteiger charge is 2.24. The second-order valence-electron chi connectivity index (χ2n) is 6.43. The smallest absolute Gasteiger partial charge is 0.254 e. The van der Waals surface area contributed by atoms with Crippen LogP contribution in [0.15, 0.2) is 18.2 Å². The number of piperazine rings is 1. The number of hydrogen-bond donors (Lipinski definition) is 1. The fourth-order valence-electron chi connectivity index (χ4n) is 3.39. The van der Waals surface area contributed by atoms with Gasteiger partial charge in [0.25, 0.3) is 5.91 Å². The Hall–Kier alpha value is -1.24. The Balaban J connectivity index is 0.00000208. The molecule has 0 spiro atoms. The van der Waals surface area contributed by atoms with E-state index in [0.717, 1.165) is 44.9 Å². The van der Waals surface area contributed by atoms with E-state index < -0.39 is 11.6 Å². The second-order valence-corrected chi connectivity index (χ2v) is 6.43. The Bertz CT molecular complexity index is 559. The predicted octanol–water partition coefficient (Wildman–Crippen LogP) is 2.14. The van der Waals surface area contributed by atoms with Crippen LogP contribution >= 0.6 is 12.4 Å². The van der Waals surface area contributed by atoms with Crippen LogP contribution < -0.4 is 5.32 Å². The van der Waals surface area contributed by atoms with Gasteiger partial charge in [-0.2, -0.15) is 0 Å². The van der Waals surface area contributed by atoms with Crippen molar-refractivity contribution in [1.29, 1.82) is 0 Å². The van der Waals surface area contributed by atoms with Crippen LogP contribution in [-0.4, -0.2) is 61.5 Å². The van der Waals surface area contributed by atoms with Crippen LogP contribution in [0.3, 0.4) is 0 Å². The number of carbonyl (C=O) groups is 1. The van der Waals surface area contributed by atoms with Crippen LogP contribution in [0, 0.1) is 17.6 Å². The van der Waals surface area contributed by atoms with Gasteiger partial charge in [0.15, 0.2) is 11.6 Å². The minimum atomic E-state index is -0.973. The van der Waals surface area contributed by atoms with Crippen LogP contribution in [0.25, 0.3) is 0 Å². The molecule has 3 rings (SSSR count). The van der Waals surface area contributed by atoms with E-state index in [9.17, 15) is 13.6 Å². The topological polar surface area (TPSA) is 35.6 Å². The van der Waals surface area contributed by atoms with Crippen molar-refractivity contribution in [2.24, 2.45) is 5.92 Å². The molecule has 134 valence electrons. The Morgan fingerprint density at radius 2 is 1.92 bits per heavy atom. The first-order chi connectivity index (χ1) is 11.1. The molecule has 2 aliphatic rings. The molecule has 1 N–H and O–H groups in total. The van der Waals surface area contributed by atoms with E-state index in [2.05, 4.69) is 10.2 Å². The van der Waals surface area contributed by atoms with E-state index in [1.54, 1.807) is 4.90 Å². The van der Waals surface area contributed by atoms with Gasteiger partial charge in [-0.25, -0.2) is 8.78 Å². The molecular weight excluding hydrogens is 336 g/mol. The molecular formula is C17H24ClF2N3O. The zero-order valence-electron chi connectivity index (χ0n) is 13.6. The van der Waals surface area contributed by atoms with Crippen molar-refractivity contribution >= 4 is 18.3 Å². The highest BCUT2D eigenvalue weighted by Crippen LogP contribution is 2.15. The first kappa shape index (κ1) is 19.1. The summed E-state index contributed by atoms with van der Waals surface area (Å²) < 4.78 is 26.2. The average Bonchev–Trinajstić information content (AvgIpc) is 2.58. The third-order valence-electron chi connectivity index (χ3n) is 4.74. The van der Waals surface area contributed by atoms with Crippen molar-refractivity contribution < 1.29 is 13.6 Å². The van der Waals surface area contributed by atoms with Crippen molar-refractivity contribution in [1.82, 2.24) is 15.1 Å². The summed E-state index contributed by atoms with van der Waals surface area (Å²) in [6.45, 7) is 6.22. The molecule has 0 bridgehead atoms. The fraction of sp³-hybridized carbons (Fsp3) is 0.588. The summed E-state index contributed by atoms with van der Waals surface area (Å²) in [4.78, 5) is 16.5. The number of hydrogen-bond acceptors (Lipinski definition) is 3. The second kappa shape index (κ2) is 8.74. The van der Waals surface area contributed by atoms with E-state index in [-0.39, 0.29) is 23.9 Å². The Morgan fingerprint density at radius 1 is 1.17 bits per heavy atom. The van der Waals surface area contributed by atoms with Crippen LogP contribution in [0.1, 0.15) is 23.2 Å².